The molecule has 0 amide bonds. The Morgan fingerprint density at radius 3 is 2.63 bits per heavy atom. The van der Waals surface area contributed by atoms with Crippen molar-refractivity contribution < 1.29 is 5.11 Å². The Bertz CT molecular complexity index is 872. The van der Waals surface area contributed by atoms with Gasteiger partial charge in [0.2, 0.25) is 0 Å². The van der Waals surface area contributed by atoms with E-state index in [0.717, 1.165) is 43.2 Å². The van der Waals surface area contributed by atoms with Crippen LogP contribution in [0.1, 0.15) is 35.1 Å². The zero-order valence-electron chi connectivity index (χ0n) is 15.6. The van der Waals surface area contributed by atoms with Gasteiger partial charge in [0.05, 0.1) is 11.8 Å². The molecule has 1 aliphatic heterocycles. The summed E-state index contributed by atoms with van der Waals surface area (Å²) in [5, 5.41) is 11.7. The lowest BCUT2D eigenvalue weighted by Gasteiger charge is -2.33. The molecule has 3 heterocycles. The first-order chi connectivity index (χ1) is 13.2. The number of aliphatic hydroxyl groups is 1. The standard InChI is InChI=1S/C22H25N3OS/c1-16-6-2-3-7-19(16)22-24-14-18(27-22)15-25-12-9-17(10-13-25)21(26)20-8-4-5-11-23-20/h2-8,11,14,17,21,26H,9-10,12-13,15H2,1H3. The predicted molar refractivity (Wildman–Crippen MR) is 109 cm³/mol. The second kappa shape index (κ2) is 8.30. The van der Waals surface area contributed by atoms with Crippen molar-refractivity contribution in [2.45, 2.75) is 32.4 Å². The number of nitrogens with zero attached hydrogens (tertiary/aromatic N) is 3. The van der Waals surface area contributed by atoms with Crippen molar-refractivity contribution in [1.29, 1.82) is 0 Å². The number of aromatic nitrogens is 2. The molecule has 4 nitrogen and oxygen atoms in total. The highest BCUT2D eigenvalue weighted by Gasteiger charge is 2.27. The van der Waals surface area contributed by atoms with Gasteiger partial charge in [-0.05, 0) is 56.5 Å². The topological polar surface area (TPSA) is 49.2 Å². The molecular formula is C22H25N3OS. The van der Waals surface area contributed by atoms with Gasteiger partial charge in [-0.15, -0.1) is 11.3 Å². The minimum atomic E-state index is -0.454. The average Bonchev–Trinajstić information content (AvgIpc) is 3.17. The van der Waals surface area contributed by atoms with Crippen LogP contribution in [0.5, 0.6) is 0 Å². The fourth-order valence-electron chi connectivity index (χ4n) is 3.76. The lowest BCUT2D eigenvalue weighted by Crippen LogP contribution is -2.35. The molecule has 1 N–H and O–H groups in total. The summed E-state index contributed by atoms with van der Waals surface area (Å²) in [6.45, 7) is 5.09. The molecule has 0 bridgehead atoms. The van der Waals surface area contributed by atoms with E-state index in [1.165, 1.54) is 16.0 Å². The van der Waals surface area contributed by atoms with E-state index in [-0.39, 0.29) is 0 Å². The number of hydrogen-bond acceptors (Lipinski definition) is 5. The lowest BCUT2D eigenvalue weighted by atomic mass is 9.89. The molecule has 140 valence electrons. The van der Waals surface area contributed by atoms with Gasteiger partial charge in [-0.2, -0.15) is 0 Å². The van der Waals surface area contributed by atoms with Crippen LogP contribution in [0.3, 0.4) is 0 Å². The number of aryl methyl sites for hydroxylation is 1. The quantitative estimate of drug-likeness (QED) is 0.711. The molecule has 1 atom stereocenters. The van der Waals surface area contributed by atoms with Crippen LogP contribution in [0, 0.1) is 12.8 Å². The van der Waals surface area contributed by atoms with E-state index in [1.54, 1.807) is 17.5 Å². The van der Waals surface area contributed by atoms with E-state index in [1.807, 2.05) is 24.4 Å². The Hall–Kier alpha value is -2.08. The van der Waals surface area contributed by atoms with E-state index in [2.05, 4.69) is 46.1 Å². The van der Waals surface area contributed by atoms with Crippen LogP contribution in [0.25, 0.3) is 10.6 Å². The monoisotopic (exact) mass is 379 g/mol. The van der Waals surface area contributed by atoms with Crippen molar-refractivity contribution in [2.75, 3.05) is 13.1 Å². The third-order valence-corrected chi connectivity index (χ3v) is 6.39. The summed E-state index contributed by atoms with van der Waals surface area (Å²) in [6, 6.07) is 14.2. The maximum Gasteiger partial charge on any atom is 0.123 e. The van der Waals surface area contributed by atoms with Gasteiger partial charge in [-0.3, -0.25) is 9.88 Å². The molecule has 27 heavy (non-hydrogen) atoms. The number of hydrogen-bond donors (Lipinski definition) is 1. The first kappa shape index (κ1) is 18.3. The van der Waals surface area contributed by atoms with Crippen molar-refractivity contribution in [3.8, 4) is 10.6 Å². The number of benzene rings is 1. The zero-order chi connectivity index (χ0) is 18.6. The number of likely N-dealkylation sites (tertiary alicyclic amines) is 1. The van der Waals surface area contributed by atoms with Crippen LogP contribution in [0.15, 0.2) is 54.9 Å². The van der Waals surface area contributed by atoms with Gasteiger partial charge < -0.3 is 5.11 Å². The minimum Gasteiger partial charge on any atom is -0.387 e. The largest absolute Gasteiger partial charge is 0.387 e. The van der Waals surface area contributed by atoms with Crippen LogP contribution in [0.4, 0.5) is 0 Å². The molecule has 1 fully saturated rings. The molecular weight excluding hydrogens is 354 g/mol. The summed E-state index contributed by atoms with van der Waals surface area (Å²) in [7, 11) is 0. The van der Waals surface area contributed by atoms with Crippen molar-refractivity contribution in [3.63, 3.8) is 0 Å². The predicted octanol–water partition coefficient (Wildman–Crippen LogP) is 4.46. The fraction of sp³-hybridized carbons (Fsp3) is 0.364. The van der Waals surface area contributed by atoms with Gasteiger partial charge >= 0.3 is 0 Å². The maximum atomic E-state index is 10.6. The molecule has 0 radical (unpaired) electrons. The zero-order valence-corrected chi connectivity index (χ0v) is 16.4. The number of aliphatic hydroxyl groups excluding tert-OH is 1. The summed E-state index contributed by atoms with van der Waals surface area (Å²) < 4.78 is 0. The van der Waals surface area contributed by atoms with Crippen molar-refractivity contribution in [3.05, 3.63) is 71.0 Å². The molecule has 1 aromatic carbocycles. The van der Waals surface area contributed by atoms with Crippen LogP contribution in [0.2, 0.25) is 0 Å². The molecule has 5 heteroatoms. The third kappa shape index (κ3) is 4.26. The molecule has 0 saturated carbocycles. The first-order valence-corrected chi connectivity index (χ1v) is 10.3. The van der Waals surface area contributed by atoms with Crippen LogP contribution in [-0.4, -0.2) is 33.1 Å². The summed E-state index contributed by atoms with van der Waals surface area (Å²) in [5.41, 5.74) is 3.29. The molecule has 2 aromatic heterocycles. The first-order valence-electron chi connectivity index (χ1n) is 9.53. The normalized spacial score (nSPS) is 17.1. The van der Waals surface area contributed by atoms with Gasteiger partial charge in [0.25, 0.3) is 0 Å². The van der Waals surface area contributed by atoms with Crippen LogP contribution < -0.4 is 0 Å². The van der Waals surface area contributed by atoms with Gasteiger partial charge in [0.1, 0.15) is 5.01 Å². The van der Waals surface area contributed by atoms with Crippen molar-refractivity contribution >= 4 is 11.3 Å². The van der Waals surface area contributed by atoms with Crippen LogP contribution >= 0.6 is 11.3 Å². The molecule has 4 rings (SSSR count). The highest BCUT2D eigenvalue weighted by molar-refractivity contribution is 7.15. The lowest BCUT2D eigenvalue weighted by molar-refractivity contribution is 0.0542. The number of rotatable bonds is 5. The van der Waals surface area contributed by atoms with Crippen molar-refractivity contribution in [2.24, 2.45) is 5.92 Å². The third-order valence-electron chi connectivity index (χ3n) is 5.38. The summed E-state index contributed by atoms with van der Waals surface area (Å²) in [6.07, 6.45) is 5.32. The summed E-state index contributed by atoms with van der Waals surface area (Å²) >= 11 is 1.79. The number of pyridine rings is 1. The van der Waals surface area contributed by atoms with Crippen molar-refractivity contribution in [1.82, 2.24) is 14.9 Å². The van der Waals surface area contributed by atoms with E-state index in [4.69, 9.17) is 0 Å². The second-order valence-corrected chi connectivity index (χ2v) is 8.37. The van der Waals surface area contributed by atoms with Gasteiger partial charge in [-0.25, -0.2) is 4.98 Å². The van der Waals surface area contributed by atoms with E-state index >= 15 is 0 Å². The van der Waals surface area contributed by atoms with E-state index in [0.29, 0.717) is 5.92 Å². The van der Waals surface area contributed by atoms with Gasteiger partial charge in [-0.1, -0.05) is 30.3 Å². The molecule has 3 aromatic rings. The Labute approximate surface area is 164 Å². The Morgan fingerprint density at radius 1 is 1.11 bits per heavy atom. The highest BCUT2D eigenvalue weighted by Crippen LogP contribution is 2.32. The van der Waals surface area contributed by atoms with E-state index < -0.39 is 6.10 Å². The highest BCUT2D eigenvalue weighted by atomic mass is 32.1. The fourth-order valence-corrected chi connectivity index (χ4v) is 4.80. The molecule has 0 spiro atoms. The van der Waals surface area contributed by atoms with Gasteiger partial charge in [0, 0.05) is 29.4 Å². The Morgan fingerprint density at radius 2 is 1.89 bits per heavy atom. The number of piperidine rings is 1. The number of thiazole rings is 1. The van der Waals surface area contributed by atoms with E-state index in [9.17, 15) is 5.11 Å². The summed E-state index contributed by atoms with van der Waals surface area (Å²) in [4.78, 5) is 12.7. The average molecular weight is 380 g/mol. The van der Waals surface area contributed by atoms with Gasteiger partial charge in [0.15, 0.2) is 0 Å². The second-order valence-electron chi connectivity index (χ2n) is 7.26. The van der Waals surface area contributed by atoms with Crippen LogP contribution in [-0.2, 0) is 6.54 Å². The minimum absolute atomic E-state index is 0.292. The molecule has 1 saturated heterocycles. The SMILES string of the molecule is Cc1ccccc1-c1ncc(CN2CCC(C(O)c3ccccn3)CC2)s1. The Kier molecular flexibility index (Phi) is 5.62. The molecule has 1 aliphatic rings. The maximum absolute atomic E-state index is 10.6. The molecule has 1 unspecified atom stereocenters. The smallest absolute Gasteiger partial charge is 0.123 e. The Balaban J connectivity index is 1.34. The molecule has 0 aliphatic carbocycles. The summed E-state index contributed by atoms with van der Waals surface area (Å²) in [5.74, 6) is 0.292.